The number of benzene rings is 6. The quantitative estimate of drug-likeness (QED) is 0.253. The highest BCUT2D eigenvalue weighted by Crippen LogP contribution is 2.44. The van der Waals surface area contributed by atoms with Gasteiger partial charge in [0.1, 0.15) is 12.0 Å². The zero-order valence-electron chi connectivity index (χ0n) is 19.8. The van der Waals surface area contributed by atoms with Gasteiger partial charge in [0.2, 0.25) is 0 Å². The Labute approximate surface area is 204 Å². The van der Waals surface area contributed by atoms with Gasteiger partial charge in [-0.2, -0.15) is 0 Å². The largest absolute Gasteiger partial charge is 0.361 e. The molecule has 0 saturated heterocycles. The Morgan fingerprint density at radius 1 is 0.657 bits per heavy atom. The standard InChI is InChI=1S/C30H19N3.C2H6/c1-2-9-24-23(8-1)30-32-25-10-3-4-11-26(25)33(30)29(31-24)22-17-15-20-13-12-18-6-5-7-19-14-16-21(22)28(20)27(18)19;1-2/h1-17,29,31H;1-2H3. The number of hydrogen-bond acceptors (Lipinski definition) is 2. The van der Waals surface area contributed by atoms with E-state index in [-0.39, 0.29) is 6.17 Å². The molecule has 6 aromatic carbocycles. The molecule has 3 heteroatoms. The van der Waals surface area contributed by atoms with E-state index in [1.807, 2.05) is 13.8 Å². The van der Waals surface area contributed by atoms with Crippen molar-refractivity contribution in [3.05, 3.63) is 109 Å². The monoisotopic (exact) mass is 451 g/mol. The summed E-state index contributed by atoms with van der Waals surface area (Å²) in [5.74, 6) is 1.02. The molecule has 0 spiro atoms. The molecule has 1 unspecified atom stereocenters. The molecule has 1 aliphatic rings. The first-order chi connectivity index (χ1) is 17.4. The second kappa shape index (κ2) is 7.57. The van der Waals surface area contributed by atoms with Crippen LogP contribution in [-0.4, -0.2) is 9.55 Å². The zero-order valence-corrected chi connectivity index (χ0v) is 19.8. The maximum atomic E-state index is 5.05. The van der Waals surface area contributed by atoms with Gasteiger partial charge >= 0.3 is 0 Å². The van der Waals surface area contributed by atoms with Gasteiger partial charge in [0, 0.05) is 16.8 Å². The summed E-state index contributed by atoms with van der Waals surface area (Å²) in [6.07, 6.45) is -0.0492. The molecule has 1 aromatic heterocycles. The van der Waals surface area contributed by atoms with Gasteiger partial charge in [-0.25, -0.2) is 4.98 Å². The van der Waals surface area contributed by atoms with Gasteiger partial charge in [0.05, 0.1) is 11.0 Å². The molecule has 1 atom stereocenters. The molecule has 0 saturated carbocycles. The summed E-state index contributed by atoms with van der Waals surface area (Å²) in [4.78, 5) is 5.05. The molecule has 2 heterocycles. The van der Waals surface area contributed by atoms with E-state index in [4.69, 9.17) is 4.98 Å². The van der Waals surface area contributed by atoms with Crippen molar-refractivity contribution < 1.29 is 0 Å². The SMILES string of the molecule is CC.c1ccc2c(c1)NC(c1ccc3ccc4cccc5ccc1c3c45)n1c-2nc2ccccc21. The molecule has 1 aliphatic heterocycles. The number of hydrogen-bond donors (Lipinski definition) is 1. The molecular weight excluding hydrogens is 426 g/mol. The van der Waals surface area contributed by atoms with Gasteiger partial charge in [-0.05, 0) is 56.6 Å². The predicted octanol–water partition coefficient (Wildman–Crippen LogP) is 8.60. The lowest BCUT2D eigenvalue weighted by Crippen LogP contribution is -2.25. The molecule has 35 heavy (non-hydrogen) atoms. The Morgan fingerprint density at radius 3 is 2.20 bits per heavy atom. The van der Waals surface area contributed by atoms with Gasteiger partial charge in [0.25, 0.3) is 0 Å². The van der Waals surface area contributed by atoms with Gasteiger partial charge in [-0.3, -0.25) is 4.57 Å². The van der Waals surface area contributed by atoms with Crippen molar-refractivity contribution in [2.45, 2.75) is 20.0 Å². The number of aromatic nitrogens is 2. The Bertz CT molecular complexity index is 1840. The van der Waals surface area contributed by atoms with Crippen LogP contribution in [0.3, 0.4) is 0 Å². The first-order valence-electron chi connectivity index (χ1n) is 12.4. The van der Waals surface area contributed by atoms with Crippen LogP contribution in [0, 0.1) is 0 Å². The van der Waals surface area contributed by atoms with Crippen molar-refractivity contribution in [3.63, 3.8) is 0 Å². The summed E-state index contributed by atoms with van der Waals surface area (Å²) in [5, 5.41) is 11.7. The van der Waals surface area contributed by atoms with Crippen LogP contribution in [0.4, 0.5) is 5.69 Å². The topological polar surface area (TPSA) is 29.9 Å². The zero-order chi connectivity index (χ0) is 23.5. The first kappa shape index (κ1) is 20.0. The molecular formula is C32H25N3. The molecule has 0 amide bonds. The van der Waals surface area contributed by atoms with Crippen LogP contribution in [0.5, 0.6) is 0 Å². The van der Waals surface area contributed by atoms with Crippen molar-refractivity contribution in [2.24, 2.45) is 0 Å². The van der Waals surface area contributed by atoms with Gasteiger partial charge in [-0.1, -0.05) is 92.7 Å². The smallest absolute Gasteiger partial charge is 0.145 e. The van der Waals surface area contributed by atoms with Crippen molar-refractivity contribution in [2.75, 3.05) is 5.32 Å². The van der Waals surface area contributed by atoms with E-state index in [0.717, 1.165) is 28.1 Å². The number of imidazole rings is 1. The average molecular weight is 452 g/mol. The lowest BCUT2D eigenvalue weighted by atomic mass is 9.90. The van der Waals surface area contributed by atoms with Crippen molar-refractivity contribution in [3.8, 4) is 11.4 Å². The van der Waals surface area contributed by atoms with E-state index >= 15 is 0 Å². The van der Waals surface area contributed by atoms with Crippen molar-refractivity contribution >= 4 is 49.0 Å². The number of fused-ring (bicyclic) bond motifs is 5. The fraction of sp³-hybridized carbons (Fsp3) is 0.0938. The van der Waals surface area contributed by atoms with Crippen molar-refractivity contribution in [1.29, 1.82) is 0 Å². The highest BCUT2D eigenvalue weighted by molar-refractivity contribution is 6.23. The van der Waals surface area contributed by atoms with E-state index in [1.54, 1.807) is 0 Å². The number of anilines is 1. The van der Waals surface area contributed by atoms with Gasteiger partial charge in [-0.15, -0.1) is 0 Å². The van der Waals surface area contributed by atoms with Crippen LogP contribution in [0.2, 0.25) is 0 Å². The average Bonchev–Trinajstić information content (AvgIpc) is 3.32. The van der Waals surface area contributed by atoms with Crippen LogP contribution in [0.25, 0.3) is 54.7 Å². The molecule has 7 aromatic rings. The number of nitrogens with zero attached hydrogens (tertiary/aromatic N) is 2. The molecule has 0 aliphatic carbocycles. The second-order valence-electron chi connectivity index (χ2n) is 8.90. The summed E-state index contributed by atoms with van der Waals surface area (Å²) in [6, 6.07) is 37.1. The third-order valence-corrected chi connectivity index (χ3v) is 7.17. The van der Waals surface area contributed by atoms with Crippen LogP contribution >= 0.6 is 0 Å². The predicted molar refractivity (Wildman–Crippen MR) is 148 cm³/mol. The Balaban J connectivity index is 0.00000103. The lowest BCUT2D eigenvalue weighted by molar-refractivity contribution is 0.674. The third-order valence-electron chi connectivity index (χ3n) is 7.17. The summed E-state index contributed by atoms with van der Waals surface area (Å²) in [6.45, 7) is 4.00. The molecule has 8 rings (SSSR count). The summed E-state index contributed by atoms with van der Waals surface area (Å²) < 4.78 is 2.36. The second-order valence-corrected chi connectivity index (χ2v) is 8.90. The number of rotatable bonds is 1. The van der Waals surface area contributed by atoms with Crippen LogP contribution < -0.4 is 5.32 Å². The molecule has 0 radical (unpaired) electrons. The highest BCUT2D eigenvalue weighted by atomic mass is 15.2. The van der Waals surface area contributed by atoms with E-state index < -0.39 is 0 Å². The van der Waals surface area contributed by atoms with E-state index in [9.17, 15) is 0 Å². The fourth-order valence-electron chi connectivity index (χ4n) is 5.72. The molecule has 0 bridgehead atoms. The third kappa shape index (κ3) is 2.75. The minimum atomic E-state index is -0.0492. The molecule has 0 fully saturated rings. The minimum Gasteiger partial charge on any atom is -0.361 e. The Hall–Kier alpha value is -4.37. The van der Waals surface area contributed by atoms with Crippen LogP contribution in [0.15, 0.2) is 103 Å². The minimum absolute atomic E-state index is 0.0492. The van der Waals surface area contributed by atoms with Crippen LogP contribution in [-0.2, 0) is 0 Å². The van der Waals surface area contributed by atoms with E-state index in [1.165, 1.54) is 37.9 Å². The first-order valence-corrected chi connectivity index (χ1v) is 12.4. The number of para-hydroxylation sites is 3. The summed E-state index contributed by atoms with van der Waals surface area (Å²) >= 11 is 0. The van der Waals surface area contributed by atoms with Gasteiger partial charge in [0.15, 0.2) is 0 Å². The number of nitrogens with one attached hydrogen (secondary N) is 1. The maximum Gasteiger partial charge on any atom is 0.145 e. The van der Waals surface area contributed by atoms with Crippen LogP contribution in [0.1, 0.15) is 25.6 Å². The Morgan fingerprint density at radius 2 is 1.34 bits per heavy atom. The lowest BCUT2D eigenvalue weighted by Gasteiger charge is -2.31. The van der Waals surface area contributed by atoms with E-state index in [2.05, 4.69) is 113 Å². The van der Waals surface area contributed by atoms with E-state index in [0.29, 0.717) is 0 Å². The fourth-order valence-corrected chi connectivity index (χ4v) is 5.72. The molecule has 3 nitrogen and oxygen atoms in total. The molecule has 168 valence electrons. The molecule has 1 N–H and O–H groups in total. The van der Waals surface area contributed by atoms with Crippen molar-refractivity contribution in [1.82, 2.24) is 9.55 Å². The summed E-state index contributed by atoms with van der Waals surface area (Å²) in [5.41, 5.74) is 5.69. The Kier molecular flexibility index (Phi) is 4.34. The normalized spacial score (nSPS) is 14.5. The maximum absolute atomic E-state index is 5.05. The summed E-state index contributed by atoms with van der Waals surface area (Å²) in [7, 11) is 0. The van der Waals surface area contributed by atoms with Gasteiger partial charge < -0.3 is 5.32 Å². The highest BCUT2D eigenvalue weighted by Gasteiger charge is 2.29.